The van der Waals surface area contributed by atoms with E-state index >= 15 is 0 Å². The molecule has 0 spiro atoms. The molecule has 3 heterocycles. The predicted molar refractivity (Wildman–Crippen MR) is 122 cm³/mol. The highest BCUT2D eigenvalue weighted by atomic mass is 35.5. The summed E-state index contributed by atoms with van der Waals surface area (Å²) >= 11 is 5.89. The largest absolute Gasteiger partial charge is 0.376 e. The molecule has 1 aromatic carbocycles. The highest BCUT2D eigenvalue weighted by molar-refractivity contribution is 7.89. The van der Waals surface area contributed by atoms with Gasteiger partial charge in [-0.2, -0.15) is 4.31 Å². The number of amides is 1. The number of pyridine rings is 1. The first-order valence-electron chi connectivity index (χ1n) is 11.0. The average Bonchev–Trinajstić information content (AvgIpc) is 3.32. The summed E-state index contributed by atoms with van der Waals surface area (Å²) in [5.74, 6) is -0.141. The van der Waals surface area contributed by atoms with Gasteiger partial charge in [0.15, 0.2) is 0 Å². The quantitative estimate of drug-likeness (QED) is 0.611. The summed E-state index contributed by atoms with van der Waals surface area (Å²) in [6, 6.07) is 10.0. The Bertz CT molecular complexity index is 1000. The number of carbonyl (C=O) groups excluding carboxylic acids is 1. The van der Waals surface area contributed by atoms with Crippen LogP contribution in [0.5, 0.6) is 0 Å². The summed E-state index contributed by atoms with van der Waals surface area (Å²) in [4.78, 5) is 19.7. The minimum Gasteiger partial charge on any atom is -0.376 e. The van der Waals surface area contributed by atoms with Crippen LogP contribution in [0.2, 0.25) is 5.02 Å². The predicted octanol–water partition coefficient (Wildman–Crippen LogP) is 3.34. The number of ether oxygens (including phenoxy) is 1. The van der Waals surface area contributed by atoms with Crippen molar-refractivity contribution in [3.63, 3.8) is 0 Å². The number of sulfonamides is 1. The lowest BCUT2D eigenvalue weighted by Gasteiger charge is -2.34. The summed E-state index contributed by atoms with van der Waals surface area (Å²) in [6.07, 6.45) is 6.52. The van der Waals surface area contributed by atoms with Crippen LogP contribution in [0.4, 0.5) is 0 Å². The molecule has 0 N–H and O–H groups in total. The van der Waals surface area contributed by atoms with E-state index in [2.05, 4.69) is 4.98 Å². The number of hydrogen-bond donors (Lipinski definition) is 0. The monoisotopic (exact) mass is 477 g/mol. The molecule has 2 saturated heterocycles. The maximum Gasteiger partial charge on any atom is 0.243 e. The van der Waals surface area contributed by atoms with E-state index < -0.39 is 10.0 Å². The fraction of sp³-hybridized carbons (Fsp3) is 0.478. The number of benzene rings is 1. The van der Waals surface area contributed by atoms with Crippen molar-refractivity contribution in [2.75, 3.05) is 26.2 Å². The number of hydrogen-bond acceptors (Lipinski definition) is 5. The molecule has 1 amide bonds. The average molecular weight is 478 g/mol. The molecule has 9 heteroatoms. The molecule has 2 aliphatic rings. The third-order valence-electron chi connectivity index (χ3n) is 6.11. The molecule has 0 saturated carbocycles. The molecule has 2 fully saturated rings. The van der Waals surface area contributed by atoms with E-state index in [1.54, 1.807) is 24.5 Å². The Labute approximate surface area is 194 Å². The first-order valence-corrected chi connectivity index (χ1v) is 12.8. The normalized spacial score (nSPS) is 20.3. The van der Waals surface area contributed by atoms with Gasteiger partial charge in [0, 0.05) is 56.1 Å². The van der Waals surface area contributed by atoms with Gasteiger partial charge < -0.3 is 9.64 Å². The molecular weight excluding hydrogens is 450 g/mol. The third kappa shape index (κ3) is 5.49. The standard InChI is InChI=1S/C23H28ClN3O4S/c24-20-5-7-22(8-6-20)32(29,30)27-12-9-19(10-13-27)23(28)26(17-21-4-2-14-31-21)16-18-3-1-11-25-15-18/h1,3,5-8,11,15,19,21H,2,4,9-10,12-14,16-17H2. The Morgan fingerprint density at radius 1 is 1.16 bits per heavy atom. The van der Waals surface area contributed by atoms with Gasteiger partial charge in [-0.3, -0.25) is 9.78 Å². The van der Waals surface area contributed by atoms with E-state index in [1.807, 2.05) is 17.0 Å². The molecule has 1 aromatic heterocycles. The Morgan fingerprint density at radius 2 is 1.91 bits per heavy atom. The first-order chi connectivity index (χ1) is 15.4. The third-order valence-corrected chi connectivity index (χ3v) is 8.28. The van der Waals surface area contributed by atoms with Crippen molar-refractivity contribution in [3.8, 4) is 0 Å². The van der Waals surface area contributed by atoms with Crippen LogP contribution in [-0.4, -0.2) is 60.9 Å². The van der Waals surface area contributed by atoms with Crippen molar-refractivity contribution in [1.29, 1.82) is 0 Å². The van der Waals surface area contributed by atoms with Crippen LogP contribution >= 0.6 is 11.6 Å². The number of aromatic nitrogens is 1. The van der Waals surface area contributed by atoms with Gasteiger partial charge in [0.2, 0.25) is 15.9 Å². The summed E-state index contributed by atoms with van der Waals surface area (Å²) < 4.78 is 33.1. The maximum absolute atomic E-state index is 13.4. The van der Waals surface area contributed by atoms with Crippen LogP contribution in [-0.2, 0) is 26.1 Å². The molecule has 7 nitrogen and oxygen atoms in total. The Hall–Kier alpha value is -2.00. The van der Waals surface area contributed by atoms with Crippen molar-refractivity contribution < 1.29 is 17.9 Å². The summed E-state index contributed by atoms with van der Waals surface area (Å²) in [6.45, 7) is 2.41. The molecule has 32 heavy (non-hydrogen) atoms. The second-order valence-corrected chi connectivity index (χ2v) is 10.7. The van der Waals surface area contributed by atoms with E-state index in [9.17, 15) is 13.2 Å². The van der Waals surface area contributed by atoms with Crippen LogP contribution in [0.3, 0.4) is 0 Å². The van der Waals surface area contributed by atoms with E-state index in [4.69, 9.17) is 16.3 Å². The van der Waals surface area contributed by atoms with Crippen molar-refractivity contribution in [2.24, 2.45) is 5.92 Å². The SMILES string of the molecule is O=C(C1CCN(S(=O)(=O)c2ccc(Cl)cc2)CC1)N(Cc1cccnc1)CC1CCCO1. The fourth-order valence-electron chi connectivity index (χ4n) is 4.34. The summed E-state index contributed by atoms with van der Waals surface area (Å²) in [5, 5.41) is 0.494. The number of rotatable bonds is 7. The minimum absolute atomic E-state index is 0.0565. The fourth-order valence-corrected chi connectivity index (χ4v) is 5.93. The summed E-state index contributed by atoms with van der Waals surface area (Å²) in [5.41, 5.74) is 0.974. The molecule has 172 valence electrons. The lowest BCUT2D eigenvalue weighted by molar-refractivity contribution is -0.139. The summed E-state index contributed by atoms with van der Waals surface area (Å²) in [7, 11) is -3.59. The highest BCUT2D eigenvalue weighted by Gasteiger charge is 2.34. The minimum atomic E-state index is -3.59. The molecule has 4 rings (SSSR count). The number of piperidine rings is 1. The van der Waals surface area contributed by atoms with Gasteiger partial charge in [-0.25, -0.2) is 8.42 Å². The van der Waals surface area contributed by atoms with Crippen molar-refractivity contribution in [1.82, 2.24) is 14.2 Å². The van der Waals surface area contributed by atoms with Gasteiger partial charge in [-0.1, -0.05) is 17.7 Å². The Kier molecular flexibility index (Phi) is 7.45. The van der Waals surface area contributed by atoms with Gasteiger partial charge in [0.25, 0.3) is 0 Å². The number of carbonyl (C=O) groups is 1. The van der Waals surface area contributed by atoms with Gasteiger partial charge >= 0.3 is 0 Å². The van der Waals surface area contributed by atoms with E-state index in [1.165, 1.54) is 16.4 Å². The highest BCUT2D eigenvalue weighted by Crippen LogP contribution is 2.27. The molecule has 2 aromatic rings. The van der Waals surface area contributed by atoms with Crippen LogP contribution in [0.1, 0.15) is 31.2 Å². The molecule has 2 aliphatic heterocycles. The van der Waals surface area contributed by atoms with E-state index in [0.717, 1.165) is 25.0 Å². The second kappa shape index (κ2) is 10.3. The smallest absolute Gasteiger partial charge is 0.243 e. The zero-order valence-corrected chi connectivity index (χ0v) is 19.5. The maximum atomic E-state index is 13.4. The van der Waals surface area contributed by atoms with E-state index in [0.29, 0.717) is 44.0 Å². The van der Waals surface area contributed by atoms with Gasteiger partial charge in [0.1, 0.15) is 0 Å². The molecule has 1 unspecified atom stereocenters. The Morgan fingerprint density at radius 3 is 2.53 bits per heavy atom. The molecule has 0 radical (unpaired) electrons. The molecular formula is C23H28ClN3O4S. The van der Waals surface area contributed by atoms with Gasteiger partial charge in [-0.15, -0.1) is 0 Å². The Balaban J connectivity index is 1.41. The molecule has 0 aliphatic carbocycles. The van der Waals surface area contributed by atoms with Gasteiger partial charge in [-0.05, 0) is 61.6 Å². The van der Waals surface area contributed by atoms with Crippen LogP contribution in [0.15, 0.2) is 53.7 Å². The van der Waals surface area contributed by atoms with Crippen LogP contribution in [0.25, 0.3) is 0 Å². The molecule has 0 bridgehead atoms. The lowest BCUT2D eigenvalue weighted by Crippen LogP contribution is -2.45. The van der Waals surface area contributed by atoms with Crippen molar-refractivity contribution in [3.05, 3.63) is 59.4 Å². The zero-order chi connectivity index (χ0) is 22.6. The first kappa shape index (κ1) is 23.2. The number of nitrogens with zero attached hydrogens (tertiary/aromatic N) is 3. The topological polar surface area (TPSA) is 79.8 Å². The van der Waals surface area contributed by atoms with Crippen molar-refractivity contribution in [2.45, 2.75) is 43.2 Å². The van der Waals surface area contributed by atoms with Gasteiger partial charge in [0.05, 0.1) is 11.0 Å². The zero-order valence-electron chi connectivity index (χ0n) is 17.9. The van der Waals surface area contributed by atoms with Crippen molar-refractivity contribution >= 4 is 27.5 Å². The lowest BCUT2D eigenvalue weighted by atomic mass is 9.96. The molecule has 1 atom stereocenters. The van der Waals surface area contributed by atoms with Crippen LogP contribution in [0, 0.1) is 5.92 Å². The van der Waals surface area contributed by atoms with Crippen LogP contribution < -0.4 is 0 Å². The second-order valence-electron chi connectivity index (χ2n) is 8.35. The number of halogens is 1. The van der Waals surface area contributed by atoms with E-state index in [-0.39, 0.29) is 22.8 Å².